The van der Waals surface area contributed by atoms with E-state index < -0.39 is 0 Å². The number of nitrogens with zero attached hydrogens (tertiary/aromatic N) is 3. The van der Waals surface area contributed by atoms with Gasteiger partial charge in [-0.25, -0.2) is 0 Å². The van der Waals surface area contributed by atoms with E-state index in [0.29, 0.717) is 10.8 Å². The fourth-order valence-electron chi connectivity index (χ4n) is 1.15. The molecule has 0 N–H and O–H groups in total. The van der Waals surface area contributed by atoms with Gasteiger partial charge in [-0.05, 0) is 0 Å². The highest BCUT2D eigenvalue weighted by Crippen LogP contribution is 2.21. The van der Waals surface area contributed by atoms with Crippen molar-refractivity contribution in [2.24, 2.45) is 0 Å². The van der Waals surface area contributed by atoms with Crippen LogP contribution in [0.4, 0.5) is 0 Å². The number of hydrogen-bond acceptors (Lipinski definition) is 3. The van der Waals surface area contributed by atoms with Crippen LogP contribution in [0.3, 0.4) is 0 Å². The number of fused-ring (bicyclic) bond motifs is 1. The van der Waals surface area contributed by atoms with Crippen molar-refractivity contribution in [3.63, 3.8) is 0 Å². The maximum absolute atomic E-state index is 8.73. The van der Waals surface area contributed by atoms with Crippen LogP contribution in [0.2, 0.25) is 5.15 Å². The lowest BCUT2D eigenvalue weighted by molar-refractivity contribution is 1.03. The summed E-state index contributed by atoms with van der Waals surface area (Å²) < 4.78 is 0. The third-order valence-electron chi connectivity index (χ3n) is 1.75. The van der Waals surface area contributed by atoms with Crippen LogP contribution in [-0.2, 0) is 0 Å². The molecule has 0 aliphatic heterocycles. The Morgan fingerprint density at radius 2 is 1.85 bits per heavy atom. The van der Waals surface area contributed by atoms with E-state index in [1.807, 2.05) is 24.3 Å². The summed E-state index contributed by atoms with van der Waals surface area (Å²) in [6.07, 6.45) is 0. The molecule has 62 valence electrons. The standard InChI is InChI=1S/C9H4ClN3/c10-9-7-4-2-1-3-6(7)8(5-11)12-13-9/h1-4H. The summed E-state index contributed by atoms with van der Waals surface area (Å²) in [5, 5.41) is 17.9. The van der Waals surface area contributed by atoms with Crippen LogP contribution in [0.25, 0.3) is 10.8 Å². The molecule has 1 aromatic carbocycles. The van der Waals surface area contributed by atoms with Gasteiger partial charge in [-0.15, -0.1) is 10.2 Å². The molecule has 1 aromatic heterocycles. The zero-order valence-electron chi connectivity index (χ0n) is 6.53. The Kier molecular flexibility index (Phi) is 1.84. The minimum atomic E-state index is 0.306. The number of hydrogen-bond donors (Lipinski definition) is 0. The van der Waals surface area contributed by atoms with Gasteiger partial charge in [-0.1, -0.05) is 35.9 Å². The van der Waals surface area contributed by atoms with Gasteiger partial charge in [-0.3, -0.25) is 0 Å². The molecule has 0 unspecified atom stereocenters. The molecule has 0 saturated carbocycles. The highest BCUT2D eigenvalue weighted by molar-refractivity contribution is 6.34. The fraction of sp³-hybridized carbons (Fsp3) is 0. The quantitative estimate of drug-likeness (QED) is 0.638. The van der Waals surface area contributed by atoms with Crippen LogP contribution >= 0.6 is 11.6 Å². The Bertz CT molecular complexity index is 502. The predicted molar refractivity (Wildman–Crippen MR) is 49.3 cm³/mol. The van der Waals surface area contributed by atoms with E-state index in [0.717, 1.165) is 10.8 Å². The lowest BCUT2D eigenvalue weighted by Gasteiger charge is -1.98. The lowest BCUT2D eigenvalue weighted by atomic mass is 10.1. The largest absolute Gasteiger partial charge is 0.191 e. The molecule has 2 rings (SSSR count). The number of benzene rings is 1. The van der Waals surface area contributed by atoms with Crippen molar-refractivity contribution >= 4 is 22.4 Å². The summed E-state index contributed by atoms with van der Waals surface area (Å²) in [6.45, 7) is 0. The summed E-state index contributed by atoms with van der Waals surface area (Å²) in [7, 11) is 0. The Hall–Kier alpha value is -1.66. The van der Waals surface area contributed by atoms with Crippen molar-refractivity contribution < 1.29 is 0 Å². The second kappa shape index (κ2) is 3.00. The molecule has 0 aliphatic rings. The average molecular weight is 190 g/mol. The van der Waals surface area contributed by atoms with Crippen LogP contribution in [0.1, 0.15) is 5.69 Å². The second-order valence-electron chi connectivity index (χ2n) is 2.50. The normalized spacial score (nSPS) is 9.85. The molecule has 3 nitrogen and oxygen atoms in total. The molecule has 0 amide bonds. The maximum atomic E-state index is 8.73. The van der Waals surface area contributed by atoms with Crippen LogP contribution in [-0.4, -0.2) is 10.2 Å². The van der Waals surface area contributed by atoms with Gasteiger partial charge >= 0.3 is 0 Å². The molecule has 1 heterocycles. The molecular formula is C9H4ClN3. The molecule has 13 heavy (non-hydrogen) atoms. The highest BCUT2D eigenvalue weighted by atomic mass is 35.5. The van der Waals surface area contributed by atoms with Crippen molar-refractivity contribution in [1.29, 1.82) is 5.26 Å². The first kappa shape index (κ1) is 7.96. The van der Waals surface area contributed by atoms with Crippen molar-refractivity contribution in [3.8, 4) is 6.07 Å². The summed E-state index contributed by atoms with van der Waals surface area (Å²) in [5.41, 5.74) is 0.306. The number of rotatable bonds is 0. The van der Waals surface area contributed by atoms with Gasteiger partial charge in [0.05, 0.1) is 0 Å². The highest BCUT2D eigenvalue weighted by Gasteiger charge is 2.05. The summed E-state index contributed by atoms with van der Waals surface area (Å²) in [5.74, 6) is 0. The maximum Gasteiger partial charge on any atom is 0.171 e. The molecule has 0 bridgehead atoms. The molecule has 2 aromatic rings. The first-order valence-electron chi connectivity index (χ1n) is 3.64. The first-order chi connectivity index (χ1) is 6.33. The van der Waals surface area contributed by atoms with E-state index in [9.17, 15) is 0 Å². The number of halogens is 1. The van der Waals surface area contributed by atoms with Gasteiger partial charge in [0.1, 0.15) is 6.07 Å². The van der Waals surface area contributed by atoms with Crippen LogP contribution < -0.4 is 0 Å². The zero-order chi connectivity index (χ0) is 9.26. The van der Waals surface area contributed by atoms with E-state index >= 15 is 0 Å². The monoisotopic (exact) mass is 189 g/mol. The van der Waals surface area contributed by atoms with E-state index in [2.05, 4.69) is 10.2 Å². The van der Waals surface area contributed by atoms with Crippen LogP contribution in [0.15, 0.2) is 24.3 Å². The molecule has 0 fully saturated rings. The third kappa shape index (κ3) is 1.21. The van der Waals surface area contributed by atoms with Crippen LogP contribution in [0.5, 0.6) is 0 Å². The Balaban J connectivity index is 2.95. The first-order valence-corrected chi connectivity index (χ1v) is 4.02. The molecule has 0 saturated heterocycles. The summed E-state index contributed by atoms with van der Waals surface area (Å²) in [4.78, 5) is 0. The zero-order valence-corrected chi connectivity index (χ0v) is 7.28. The van der Waals surface area contributed by atoms with E-state index in [4.69, 9.17) is 16.9 Å². The molecule has 0 atom stereocenters. The molecule has 0 aliphatic carbocycles. The topological polar surface area (TPSA) is 49.6 Å². The van der Waals surface area contributed by atoms with Gasteiger partial charge < -0.3 is 0 Å². The van der Waals surface area contributed by atoms with Crippen molar-refractivity contribution in [3.05, 3.63) is 35.1 Å². The summed E-state index contributed by atoms with van der Waals surface area (Å²) in [6, 6.07) is 9.26. The van der Waals surface area contributed by atoms with Gasteiger partial charge in [0.25, 0.3) is 0 Å². The van der Waals surface area contributed by atoms with Gasteiger partial charge in [-0.2, -0.15) is 5.26 Å². The van der Waals surface area contributed by atoms with Crippen molar-refractivity contribution in [1.82, 2.24) is 10.2 Å². The van der Waals surface area contributed by atoms with Crippen LogP contribution in [0, 0.1) is 11.3 Å². The minimum Gasteiger partial charge on any atom is -0.191 e. The molecule has 0 radical (unpaired) electrons. The van der Waals surface area contributed by atoms with Crippen molar-refractivity contribution in [2.75, 3.05) is 0 Å². The SMILES string of the molecule is N#Cc1nnc(Cl)c2ccccc12. The predicted octanol–water partition coefficient (Wildman–Crippen LogP) is 2.15. The number of nitriles is 1. The van der Waals surface area contributed by atoms with E-state index in [1.165, 1.54) is 0 Å². The molecular weight excluding hydrogens is 186 g/mol. The van der Waals surface area contributed by atoms with Gasteiger partial charge in [0, 0.05) is 10.8 Å². The van der Waals surface area contributed by atoms with Gasteiger partial charge in [0.15, 0.2) is 10.8 Å². The Morgan fingerprint density at radius 1 is 1.15 bits per heavy atom. The average Bonchev–Trinajstić information content (AvgIpc) is 2.19. The lowest BCUT2D eigenvalue weighted by Crippen LogP contribution is -1.90. The Labute approximate surface area is 79.6 Å². The minimum absolute atomic E-state index is 0.306. The van der Waals surface area contributed by atoms with Crippen molar-refractivity contribution in [2.45, 2.75) is 0 Å². The Morgan fingerprint density at radius 3 is 2.54 bits per heavy atom. The van der Waals surface area contributed by atoms with Gasteiger partial charge in [0.2, 0.25) is 0 Å². The second-order valence-corrected chi connectivity index (χ2v) is 2.85. The number of aromatic nitrogens is 2. The molecule has 4 heteroatoms. The third-order valence-corrected chi connectivity index (χ3v) is 2.03. The molecule has 0 spiro atoms. The van der Waals surface area contributed by atoms with E-state index in [-0.39, 0.29) is 0 Å². The fourth-order valence-corrected chi connectivity index (χ4v) is 1.36. The summed E-state index contributed by atoms with van der Waals surface area (Å²) >= 11 is 5.80. The smallest absolute Gasteiger partial charge is 0.171 e. The van der Waals surface area contributed by atoms with E-state index in [1.54, 1.807) is 6.07 Å².